The molecule has 50 heavy (non-hydrogen) atoms. The minimum atomic E-state index is 0.915. The van der Waals surface area contributed by atoms with Gasteiger partial charge in [0.1, 0.15) is 5.82 Å². The van der Waals surface area contributed by atoms with Gasteiger partial charge >= 0.3 is 0 Å². The van der Waals surface area contributed by atoms with E-state index in [0.29, 0.717) is 0 Å². The van der Waals surface area contributed by atoms with Crippen LogP contribution in [0.2, 0.25) is 0 Å². The number of pyridine rings is 1. The fourth-order valence-corrected chi connectivity index (χ4v) is 7.70. The lowest BCUT2D eigenvalue weighted by Crippen LogP contribution is -2.03. The van der Waals surface area contributed by atoms with E-state index in [4.69, 9.17) is 4.98 Å². The van der Waals surface area contributed by atoms with Gasteiger partial charge in [0.2, 0.25) is 0 Å². The molecule has 10 rings (SSSR count). The number of hydrogen-bond donors (Lipinski definition) is 0. The first-order valence-electron chi connectivity index (χ1n) is 17.1. The third kappa shape index (κ3) is 4.41. The molecule has 0 aliphatic rings. The van der Waals surface area contributed by atoms with Crippen LogP contribution in [-0.4, -0.2) is 14.1 Å². The molecular weight excluding hydrogens is 607 g/mol. The van der Waals surface area contributed by atoms with E-state index in [2.05, 4.69) is 197 Å². The first kappa shape index (κ1) is 28.3. The van der Waals surface area contributed by atoms with Crippen LogP contribution in [0, 0.1) is 0 Å². The van der Waals surface area contributed by atoms with Gasteiger partial charge in [-0.15, -0.1) is 0 Å². The van der Waals surface area contributed by atoms with Crippen molar-refractivity contribution in [3.63, 3.8) is 0 Å². The highest BCUT2D eigenvalue weighted by Crippen LogP contribution is 2.42. The predicted octanol–water partition coefficient (Wildman–Crippen LogP) is 12.3. The molecule has 10 aromatic rings. The second-order valence-electron chi connectivity index (χ2n) is 12.8. The second-order valence-corrected chi connectivity index (χ2v) is 12.8. The summed E-state index contributed by atoms with van der Waals surface area (Å²) in [6, 6.07) is 67.2. The topological polar surface area (TPSA) is 22.8 Å². The average Bonchev–Trinajstić information content (AvgIpc) is 3.71. The van der Waals surface area contributed by atoms with Crippen molar-refractivity contribution in [3.8, 4) is 45.0 Å². The van der Waals surface area contributed by atoms with Gasteiger partial charge in [-0.3, -0.25) is 4.57 Å². The van der Waals surface area contributed by atoms with E-state index in [1.807, 2.05) is 0 Å². The summed E-state index contributed by atoms with van der Waals surface area (Å²) in [4.78, 5) is 5.48. The minimum absolute atomic E-state index is 0.915. The standard InChI is InChI=1S/C47H31N3/c1-4-15-32(16-5-1)37-28-29-42(33-17-6-2-7-18-33)48-47(37)50-44-26-13-10-21-38(44)40-24-14-23-36(46(40)50)34-27-30-45-41(31-34)39-22-11-12-25-43(39)49(45)35-19-8-3-9-20-35/h1-31H. The summed E-state index contributed by atoms with van der Waals surface area (Å²) in [5.41, 5.74) is 12.4. The fraction of sp³-hybridized carbons (Fsp3) is 0. The van der Waals surface area contributed by atoms with Crippen molar-refractivity contribution in [3.05, 3.63) is 188 Å². The summed E-state index contributed by atoms with van der Waals surface area (Å²) in [5.74, 6) is 0.915. The van der Waals surface area contributed by atoms with Gasteiger partial charge in [0.25, 0.3) is 0 Å². The lowest BCUT2D eigenvalue weighted by molar-refractivity contribution is 1.09. The lowest BCUT2D eigenvalue weighted by Gasteiger charge is -2.16. The number of hydrogen-bond acceptors (Lipinski definition) is 1. The van der Waals surface area contributed by atoms with Crippen LogP contribution in [0.15, 0.2) is 188 Å². The maximum absolute atomic E-state index is 5.48. The molecule has 0 unspecified atom stereocenters. The molecule has 0 spiro atoms. The van der Waals surface area contributed by atoms with E-state index in [0.717, 1.165) is 44.9 Å². The summed E-state index contributed by atoms with van der Waals surface area (Å²) in [6.45, 7) is 0. The highest BCUT2D eigenvalue weighted by molar-refractivity contribution is 6.16. The molecule has 3 heterocycles. The van der Waals surface area contributed by atoms with Gasteiger partial charge in [-0.1, -0.05) is 140 Å². The largest absolute Gasteiger partial charge is 0.309 e. The molecule has 0 saturated heterocycles. The number of nitrogens with zero attached hydrogens (tertiary/aromatic N) is 3. The fourth-order valence-electron chi connectivity index (χ4n) is 7.70. The van der Waals surface area contributed by atoms with E-state index < -0.39 is 0 Å². The summed E-state index contributed by atoms with van der Waals surface area (Å²) < 4.78 is 4.77. The van der Waals surface area contributed by atoms with E-state index in [1.54, 1.807) is 0 Å². The second kappa shape index (κ2) is 11.5. The summed E-state index contributed by atoms with van der Waals surface area (Å²) in [7, 11) is 0. The molecule has 3 heteroatoms. The summed E-state index contributed by atoms with van der Waals surface area (Å²) >= 11 is 0. The summed E-state index contributed by atoms with van der Waals surface area (Å²) in [6.07, 6.45) is 0. The highest BCUT2D eigenvalue weighted by Gasteiger charge is 2.21. The Morgan fingerprint density at radius 1 is 0.340 bits per heavy atom. The van der Waals surface area contributed by atoms with Gasteiger partial charge in [0.15, 0.2) is 0 Å². The van der Waals surface area contributed by atoms with Crippen LogP contribution in [-0.2, 0) is 0 Å². The van der Waals surface area contributed by atoms with Crippen molar-refractivity contribution >= 4 is 43.6 Å². The van der Waals surface area contributed by atoms with Crippen LogP contribution in [0.5, 0.6) is 0 Å². The molecule has 0 amide bonds. The molecule has 0 atom stereocenters. The van der Waals surface area contributed by atoms with Crippen molar-refractivity contribution in [1.82, 2.24) is 14.1 Å². The monoisotopic (exact) mass is 637 g/mol. The Hall–Kier alpha value is -6.71. The molecule has 0 N–H and O–H groups in total. The Kier molecular flexibility index (Phi) is 6.49. The zero-order valence-corrected chi connectivity index (χ0v) is 27.2. The zero-order valence-electron chi connectivity index (χ0n) is 27.2. The van der Waals surface area contributed by atoms with Crippen LogP contribution in [0.1, 0.15) is 0 Å². The third-order valence-electron chi connectivity index (χ3n) is 9.93. The molecule has 234 valence electrons. The van der Waals surface area contributed by atoms with Crippen LogP contribution in [0.4, 0.5) is 0 Å². The van der Waals surface area contributed by atoms with E-state index in [9.17, 15) is 0 Å². The van der Waals surface area contributed by atoms with Crippen molar-refractivity contribution in [2.45, 2.75) is 0 Å². The number of benzene rings is 7. The highest BCUT2D eigenvalue weighted by atomic mass is 15.1. The van der Waals surface area contributed by atoms with Gasteiger partial charge in [-0.25, -0.2) is 4.98 Å². The van der Waals surface area contributed by atoms with Gasteiger partial charge < -0.3 is 4.57 Å². The van der Waals surface area contributed by atoms with E-state index in [1.165, 1.54) is 43.7 Å². The summed E-state index contributed by atoms with van der Waals surface area (Å²) in [5, 5.41) is 4.88. The van der Waals surface area contributed by atoms with E-state index >= 15 is 0 Å². The Bertz CT molecular complexity index is 2850. The first-order valence-corrected chi connectivity index (χ1v) is 17.1. The molecule has 0 saturated carbocycles. The molecule has 0 fully saturated rings. The van der Waals surface area contributed by atoms with Crippen LogP contribution in [0.3, 0.4) is 0 Å². The smallest absolute Gasteiger partial charge is 0.146 e. The molecule has 0 aliphatic heterocycles. The minimum Gasteiger partial charge on any atom is -0.309 e. The maximum Gasteiger partial charge on any atom is 0.146 e. The van der Waals surface area contributed by atoms with Crippen LogP contribution in [0.25, 0.3) is 88.6 Å². The van der Waals surface area contributed by atoms with Crippen LogP contribution < -0.4 is 0 Å². The Morgan fingerprint density at radius 3 is 1.66 bits per heavy atom. The number of para-hydroxylation sites is 4. The predicted molar refractivity (Wildman–Crippen MR) is 209 cm³/mol. The lowest BCUT2D eigenvalue weighted by atomic mass is 9.99. The number of aromatic nitrogens is 3. The Balaban J connectivity index is 1.29. The van der Waals surface area contributed by atoms with Crippen molar-refractivity contribution in [1.29, 1.82) is 0 Å². The van der Waals surface area contributed by atoms with Gasteiger partial charge in [0.05, 0.1) is 27.8 Å². The molecule has 0 radical (unpaired) electrons. The van der Waals surface area contributed by atoms with Gasteiger partial charge in [0, 0.05) is 43.9 Å². The molecule has 0 aliphatic carbocycles. The Morgan fingerprint density at radius 2 is 0.920 bits per heavy atom. The first-order chi connectivity index (χ1) is 24.8. The third-order valence-corrected chi connectivity index (χ3v) is 9.93. The van der Waals surface area contributed by atoms with Crippen molar-refractivity contribution in [2.75, 3.05) is 0 Å². The van der Waals surface area contributed by atoms with Crippen LogP contribution >= 0.6 is 0 Å². The van der Waals surface area contributed by atoms with Gasteiger partial charge in [-0.05, 0) is 59.7 Å². The number of fused-ring (bicyclic) bond motifs is 6. The zero-order chi connectivity index (χ0) is 33.0. The number of rotatable bonds is 5. The molecule has 3 aromatic heterocycles. The molecule has 3 nitrogen and oxygen atoms in total. The molecule has 7 aromatic carbocycles. The van der Waals surface area contributed by atoms with Crippen molar-refractivity contribution < 1.29 is 0 Å². The SMILES string of the molecule is c1ccc(-c2ccc(-c3ccccc3)c(-n3c4ccccc4c4cccc(-c5ccc6c(c5)c5ccccc5n6-c5ccccc5)c43)n2)cc1. The maximum atomic E-state index is 5.48. The van der Waals surface area contributed by atoms with Crippen molar-refractivity contribution in [2.24, 2.45) is 0 Å². The Labute approximate surface area is 290 Å². The van der Waals surface area contributed by atoms with E-state index in [-0.39, 0.29) is 0 Å². The normalized spacial score (nSPS) is 11.6. The average molecular weight is 638 g/mol. The van der Waals surface area contributed by atoms with Gasteiger partial charge in [-0.2, -0.15) is 0 Å². The molecule has 0 bridgehead atoms. The molecular formula is C47H31N3. The quantitative estimate of drug-likeness (QED) is 0.184.